The molecule has 1 aromatic rings. The van der Waals surface area contributed by atoms with E-state index in [9.17, 15) is 0 Å². The van der Waals surface area contributed by atoms with Gasteiger partial charge in [0.2, 0.25) is 0 Å². The van der Waals surface area contributed by atoms with Gasteiger partial charge in [0.15, 0.2) is 0 Å². The van der Waals surface area contributed by atoms with E-state index in [1.54, 1.807) is 7.11 Å². The molecule has 1 aromatic carbocycles. The van der Waals surface area contributed by atoms with E-state index in [1.807, 2.05) is 0 Å². The van der Waals surface area contributed by atoms with Crippen LogP contribution in [-0.4, -0.2) is 25.9 Å². The van der Waals surface area contributed by atoms with Crippen molar-refractivity contribution < 1.29 is 9.47 Å². The Balaban J connectivity index is 0.00000200. The van der Waals surface area contributed by atoms with Gasteiger partial charge < -0.3 is 14.8 Å². The van der Waals surface area contributed by atoms with Gasteiger partial charge in [-0.1, -0.05) is 0 Å². The lowest BCUT2D eigenvalue weighted by Gasteiger charge is -2.20. The van der Waals surface area contributed by atoms with Gasteiger partial charge in [-0.25, -0.2) is 0 Å². The van der Waals surface area contributed by atoms with Crippen molar-refractivity contribution in [3.63, 3.8) is 0 Å². The number of hydrogen-bond donors (Lipinski definition) is 1. The minimum Gasteiger partial charge on any atom is -0.494 e. The summed E-state index contributed by atoms with van der Waals surface area (Å²) >= 11 is 7.05. The number of hydrogen-bond acceptors (Lipinski definition) is 3. The first kappa shape index (κ1) is 18.2. The highest BCUT2D eigenvalue weighted by molar-refractivity contribution is 9.11. The van der Waals surface area contributed by atoms with Gasteiger partial charge in [0.1, 0.15) is 5.75 Å². The number of ether oxygens (including phenoxy) is 2. The van der Waals surface area contributed by atoms with Gasteiger partial charge in [-0.15, -0.1) is 12.4 Å². The first-order valence-corrected chi connectivity index (χ1v) is 8.07. The molecule has 0 bridgehead atoms. The maximum absolute atomic E-state index is 5.69. The summed E-state index contributed by atoms with van der Waals surface area (Å²) < 4.78 is 12.9. The van der Waals surface area contributed by atoms with E-state index in [0.717, 1.165) is 34.3 Å². The van der Waals surface area contributed by atoms with Crippen LogP contribution in [0, 0.1) is 0 Å². The molecule has 114 valence electrons. The zero-order valence-electron chi connectivity index (χ0n) is 11.6. The molecule has 1 heterocycles. The second kappa shape index (κ2) is 8.59. The number of rotatable bonds is 5. The third-order valence-electron chi connectivity index (χ3n) is 3.41. The van der Waals surface area contributed by atoms with Crippen LogP contribution in [0.5, 0.6) is 5.75 Å². The molecule has 0 radical (unpaired) electrons. The summed E-state index contributed by atoms with van der Waals surface area (Å²) in [5.41, 5.74) is 1.21. The van der Waals surface area contributed by atoms with Crippen LogP contribution >= 0.6 is 44.3 Å². The van der Waals surface area contributed by atoms with Crippen molar-refractivity contribution in [3.8, 4) is 5.75 Å². The van der Waals surface area contributed by atoms with Crippen LogP contribution < -0.4 is 10.1 Å². The summed E-state index contributed by atoms with van der Waals surface area (Å²) in [6.45, 7) is 3.90. The molecule has 1 aliphatic heterocycles. The monoisotopic (exact) mass is 427 g/mol. The van der Waals surface area contributed by atoms with E-state index in [1.165, 1.54) is 12.0 Å². The number of methoxy groups -OCH3 is 1. The van der Waals surface area contributed by atoms with Crippen LogP contribution in [0.4, 0.5) is 0 Å². The average Bonchev–Trinajstić information content (AvgIpc) is 2.89. The van der Waals surface area contributed by atoms with Gasteiger partial charge in [-0.3, -0.25) is 0 Å². The predicted molar refractivity (Wildman–Crippen MR) is 90.9 cm³/mol. The van der Waals surface area contributed by atoms with Gasteiger partial charge in [-0.2, -0.15) is 0 Å². The minimum atomic E-state index is 0. The zero-order chi connectivity index (χ0) is 13.8. The molecule has 3 nitrogen and oxygen atoms in total. The first-order chi connectivity index (χ1) is 9.11. The molecule has 2 atom stereocenters. The van der Waals surface area contributed by atoms with E-state index < -0.39 is 0 Å². The summed E-state index contributed by atoms with van der Waals surface area (Å²) in [5.74, 6) is 0.830. The molecular weight excluding hydrogens is 409 g/mol. The van der Waals surface area contributed by atoms with Crippen LogP contribution in [-0.2, 0) is 11.3 Å². The van der Waals surface area contributed by atoms with Crippen LogP contribution in [0.3, 0.4) is 0 Å². The summed E-state index contributed by atoms with van der Waals surface area (Å²) in [7, 11) is 1.67. The van der Waals surface area contributed by atoms with Crippen LogP contribution in [0.1, 0.15) is 25.3 Å². The lowest BCUT2D eigenvalue weighted by Crippen LogP contribution is -2.36. The second-order valence-corrected chi connectivity index (χ2v) is 6.52. The Labute approximate surface area is 143 Å². The minimum absolute atomic E-state index is 0. The molecule has 0 saturated carbocycles. The maximum Gasteiger partial charge on any atom is 0.147 e. The molecule has 0 aromatic heterocycles. The third kappa shape index (κ3) is 4.60. The second-order valence-electron chi connectivity index (χ2n) is 4.81. The molecule has 2 unspecified atom stereocenters. The zero-order valence-corrected chi connectivity index (χ0v) is 15.6. The van der Waals surface area contributed by atoms with Crippen LogP contribution in [0.25, 0.3) is 0 Å². The normalized spacial score (nSPS) is 19.5. The first-order valence-electron chi connectivity index (χ1n) is 6.48. The lowest BCUT2D eigenvalue weighted by molar-refractivity contribution is 0.0832. The Morgan fingerprint density at radius 2 is 2.05 bits per heavy atom. The molecule has 6 heteroatoms. The van der Waals surface area contributed by atoms with E-state index in [0.29, 0.717) is 12.1 Å². The van der Waals surface area contributed by atoms with Gasteiger partial charge >= 0.3 is 0 Å². The number of nitrogens with one attached hydrogen (secondary N) is 1. The summed E-state index contributed by atoms with van der Waals surface area (Å²) in [4.78, 5) is 0. The SMILES string of the molecule is COc1c(Br)cc(CNC(C)C2CCCO2)cc1Br.Cl. The van der Waals surface area contributed by atoms with Crippen molar-refractivity contribution in [3.05, 3.63) is 26.6 Å². The molecule has 2 rings (SSSR count). The van der Waals surface area contributed by atoms with Crippen molar-refractivity contribution in [1.82, 2.24) is 5.32 Å². The van der Waals surface area contributed by atoms with E-state index in [2.05, 4.69) is 56.2 Å². The molecule has 20 heavy (non-hydrogen) atoms. The Bertz CT molecular complexity index is 416. The molecule has 0 spiro atoms. The fourth-order valence-corrected chi connectivity index (χ4v) is 3.92. The maximum atomic E-state index is 5.69. The highest BCUT2D eigenvalue weighted by Crippen LogP contribution is 2.34. The van der Waals surface area contributed by atoms with Crippen molar-refractivity contribution in [2.75, 3.05) is 13.7 Å². The molecule has 1 saturated heterocycles. The standard InChI is InChI=1S/C14H19Br2NO2.ClH/c1-9(13-4-3-5-19-13)17-8-10-6-11(15)14(18-2)12(16)7-10;/h6-7,9,13,17H,3-5,8H2,1-2H3;1H. The van der Waals surface area contributed by atoms with E-state index >= 15 is 0 Å². The predicted octanol–water partition coefficient (Wildman–Crippen LogP) is 4.30. The lowest BCUT2D eigenvalue weighted by atomic mass is 10.1. The van der Waals surface area contributed by atoms with Crippen molar-refractivity contribution >= 4 is 44.3 Å². The fourth-order valence-electron chi connectivity index (χ4n) is 2.32. The highest BCUT2D eigenvalue weighted by Gasteiger charge is 2.21. The molecule has 0 aliphatic carbocycles. The molecule has 1 N–H and O–H groups in total. The molecule has 1 aliphatic rings. The van der Waals surface area contributed by atoms with Crippen LogP contribution in [0.2, 0.25) is 0 Å². The third-order valence-corrected chi connectivity index (χ3v) is 4.59. The smallest absolute Gasteiger partial charge is 0.147 e. The van der Waals surface area contributed by atoms with Crippen molar-refractivity contribution in [2.45, 2.75) is 38.5 Å². The quantitative estimate of drug-likeness (QED) is 0.757. The Morgan fingerprint density at radius 3 is 2.55 bits per heavy atom. The molecular formula is C14H20Br2ClNO2. The van der Waals surface area contributed by atoms with Crippen molar-refractivity contribution in [1.29, 1.82) is 0 Å². The van der Waals surface area contributed by atoms with E-state index in [-0.39, 0.29) is 12.4 Å². The Kier molecular flexibility index (Phi) is 7.83. The highest BCUT2D eigenvalue weighted by atomic mass is 79.9. The fraction of sp³-hybridized carbons (Fsp3) is 0.571. The average molecular weight is 430 g/mol. The number of halogens is 3. The van der Waals surface area contributed by atoms with Gasteiger partial charge in [-0.05, 0) is 69.3 Å². The van der Waals surface area contributed by atoms with Gasteiger partial charge in [0, 0.05) is 19.2 Å². The largest absolute Gasteiger partial charge is 0.494 e. The molecule has 0 amide bonds. The molecule has 1 fully saturated rings. The number of benzene rings is 1. The Morgan fingerprint density at radius 1 is 1.40 bits per heavy atom. The van der Waals surface area contributed by atoms with Gasteiger partial charge in [0.05, 0.1) is 22.2 Å². The summed E-state index contributed by atoms with van der Waals surface area (Å²) in [5, 5.41) is 3.53. The van der Waals surface area contributed by atoms with Crippen LogP contribution in [0.15, 0.2) is 21.1 Å². The summed E-state index contributed by atoms with van der Waals surface area (Å²) in [6.07, 6.45) is 2.69. The van der Waals surface area contributed by atoms with E-state index in [4.69, 9.17) is 9.47 Å². The summed E-state index contributed by atoms with van der Waals surface area (Å²) in [6, 6.07) is 4.54. The van der Waals surface area contributed by atoms with Crippen molar-refractivity contribution in [2.24, 2.45) is 0 Å². The Hall–Kier alpha value is 0.190. The van der Waals surface area contributed by atoms with Gasteiger partial charge in [0.25, 0.3) is 0 Å². The topological polar surface area (TPSA) is 30.5 Å².